The Bertz CT molecular complexity index is 853. The number of anilines is 1. The van der Waals surface area contributed by atoms with Crippen molar-refractivity contribution < 1.29 is 18.7 Å². The Morgan fingerprint density at radius 1 is 1.10 bits per heavy atom. The predicted molar refractivity (Wildman–Crippen MR) is 111 cm³/mol. The van der Waals surface area contributed by atoms with Crippen molar-refractivity contribution in [2.24, 2.45) is 0 Å². The largest absolute Gasteiger partial charge is 0.490 e. The molecule has 0 atom stereocenters. The molecule has 154 valence electrons. The van der Waals surface area contributed by atoms with Gasteiger partial charge < -0.3 is 14.8 Å². The van der Waals surface area contributed by atoms with Gasteiger partial charge in [0.15, 0.2) is 0 Å². The monoisotopic (exact) mass is 397 g/mol. The van der Waals surface area contributed by atoms with Crippen molar-refractivity contribution in [2.45, 2.75) is 57.0 Å². The number of carbonyl (C=O) groups excluding carboxylic acids is 1. The third-order valence-electron chi connectivity index (χ3n) is 6.21. The summed E-state index contributed by atoms with van der Waals surface area (Å²) in [5, 5.41) is 3.08. The van der Waals surface area contributed by atoms with Crippen LogP contribution in [0.1, 0.15) is 49.7 Å². The Kier molecular flexibility index (Phi) is 5.86. The van der Waals surface area contributed by atoms with E-state index in [4.69, 9.17) is 9.47 Å². The standard InChI is InChI=1S/C24H28FNO3/c1-17-16-20(10-11-22(17)29-21-4-2-3-5-21)26-23(27)24(12-14-28-15-13-24)18-6-8-19(25)9-7-18/h6-11,16,21H,2-5,12-15H2,1H3,(H,26,27). The second-order valence-corrected chi connectivity index (χ2v) is 8.16. The van der Waals surface area contributed by atoms with Gasteiger partial charge in [-0.3, -0.25) is 4.79 Å². The van der Waals surface area contributed by atoms with Gasteiger partial charge in [-0.1, -0.05) is 12.1 Å². The van der Waals surface area contributed by atoms with Crippen molar-refractivity contribution in [1.29, 1.82) is 0 Å². The van der Waals surface area contributed by atoms with Crippen molar-refractivity contribution in [2.75, 3.05) is 18.5 Å². The number of aryl methyl sites for hydroxylation is 1. The molecule has 0 unspecified atom stereocenters. The van der Waals surface area contributed by atoms with E-state index >= 15 is 0 Å². The van der Waals surface area contributed by atoms with Crippen LogP contribution in [0, 0.1) is 12.7 Å². The van der Waals surface area contributed by atoms with Crippen molar-refractivity contribution >= 4 is 11.6 Å². The van der Waals surface area contributed by atoms with Crippen LogP contribution in [0.5, 0.6) is 5.75 Å². The van der Waals surface area contributed by atoms with Crippen LogP contribution in [0.2, 0.25) is 0 Å². The van der Waals surface area contributed by atoms with Crippen molar-refractivity contribution in [3.63, 3.8) is 0 Å². The molecule has 4 nitrogen and oxygen atoms in total. The van der Waals surface area contributed by atoms with Crippen LogP contribution in [-0.2, 0) is 14.9 Å². The van der Waals surface area contributed by atoms with Gasteiger partial charge in [0, 0.05) is 18.9 Å². The number of halogens is 1. The lowest BCUT2D eigenvalue weighted by atomic mass is 9.73. The molecule has 5 heteroatoms. The molecule has 0 bridgehead atoms. The van der Waals surface area contributed by atoms with Gasteiger partial charge in [0.25, 0.3) is 0 Å². The highest BCUT2D eigenvalue weighted by Gasteiger charge is 2.41. The highest BCUT2D eigenvalue weighted by Crippen LogP contribution is 2.37. The summed E-state index contributed by atoms with van der Waals surface area (Å²) in [5.41, 5.74) is 1.88. The Labute approximate surface area is 171 Å². The van der Waals surface area contributed by atoms with E-state index in [0.717, 1.165) is 35.4 Å². The van der Waals surface area contributed by atoms with E-state index in [-0.39, 0.29) is 11.7 Å². The molecule has 29 heavy (non-hydrogen) atoms. The van der Waals surface area contributed by atoms with Gasteiger partial charge in [0.05, 0.1) is 11.5 Å². The molecule has 2 fully saturated rings. The van der Waals surface area contributed by atoms with Gasteiger partial charge in [-0.25, -0.2) is 4.39 Å². The minimum absolute atomic E-state index is 0.0729. The highest BCUT2D eigenvalue weighted by atomic mass is 19.1. The quantitative estimate of drug-likeness (QED) is 0.760. The minimum atomic E-state index is -0.709. The Balaban J connectivity index is 1.53. The summed E-state index contributed by atoms with van der Waals surface area (Å²) in [6.45, 7) is 3.03. The summed E-state index contributed by atoms with van der Waals surface area (Å²) in [6.07, 6.45) is 6.14. The van der Waals surface area contributed by atoms with E-state index in [1.165, 1.54) is 25.0 Å². The maximum atomic E-state index is 13.4. The fourth-order valence-corrected chi connectivity index (χ4v) is 4.43. The first-order valence-corrected chi connectivity index (χ1v) is 10.5. The van der Waals surface area contributed by atoms with Gasteiger partial charge in [0.2, 0.25) is 5.91 Å². The Morgan fingerprint density at radius 2 is 1.79 bits per heavy atom. The number of hydrogen-bond donors (Lipinski definition) is 1. The lowest BCUT2D eigenvalue weighted by Crippen LogP contribution is -2.44. The first-order chi connectivity index (χ1) is 14.1. The third-order valence-corrected chi connectivity index (χ3v) is 6.21. The molecule has 0 spiro atoms. The summed E-state index contributed by atoms with van der Waals surface area (Å²) < 4.78 is 25.0. The fraction of sp³-hybridized carbons (Fsp3) is 0.458. The third kappa shape index (κ3) is 4.30. The molecule has 1 N–H and O–H groups in total. The number of benzene rings is 2. The van der Waals surface area contributed by atoms with Gasteiger partial charge in [-0.05, 0) is 86.9 Å². The van der Waals surface area contributed by atoms with Gasteiger partial charge >= 0.3 is 0 Å². The molecule has 1 aliphatic carbocycles. The smallest absolute Gasteiger partial charge is 0.235 e. The second-order valence-electron chi connectivity index (χ2n) is 8.16. The number of ether oxygens (including phenoxy) is 2. The zero-order valence-electron chi connectivity index (χ0n) is 16.9. The number of rotatable bonds is 5. The molecule has 2 aromatic carbocycles. The minimum Gasteiger partial charge on any atom is -0.490 e. The first-order valence-electron chi connectivity index (χ1n) is 10.5. The van der Waals surface area contributed by atoms with E-state index in [2.05, 4.69) is 5.32 Å². The fourth-order valence-electron chi connectivity index (χ4n) is 4.43. The van der Waals surface area contributed by atoms with E-state index in [9.17, 15) is 9.18 Å². The van der Waals surface area contributed by atoms with Crippen molar-refractivity contribution in [3.8, 4) is 5.75 Å². The van der Waals surface area contributed by atoms with Crippen molar-refractivity contribution in [3.05, 3.63) is 59.4 Å². The van der Waals surface area contributed by atoms with Crippen LogP contribution >= 0.6 is 0 Å². The lowest BCUT2D eigenvalue weighted by molar-refractivity contribution is -0.125. The SMILES string of the molecule is Cc1cc(NC(=O)C2(c3ccc(F)cc3)CCOCC2)ccc1OC1CCCC1. The van der Waals surface area contributed by atoms with Crippen LogP contribution < -0.4 is 10.1 Å². The molecule has 1 saturated heterocycles. The van der Waals surface area contributed by atoms with E-state index in [0.29, 0.717) is 32.2 Å². The first kappa shape index (κ1) is 19.9. The van der Waals surface area contributed by atoms with Gasteiger partial charge in [-0.2, -0.15) is 0 Å². The van der Waals surface area contributed by atoms with Crippen LogP contribution in [0.3, 0.4) is 0 Å². The molecular formula is C24H28FNO3. The number of carbonyl (C=O) groups is 1. The summed E-state index contributed by atoms with van der Waals surface area (Å²) in [6, 6.07) is 12.1. The maximum Gasteiger partial charge on any atom is 0.235 e. The molecule has 1 amide bonds. The molecule has 0 aromatic heterocycles. The van der Waals surface area contributed by atoms with E-state index in [1.54, 1.807) is 12.1 Å². The normalized spacial score (nSPS) is 19.1. The number of hydrogen-bond acceptors (Lipinski definition) is 3. The van der Waals surface area contributed by atoms with Crippen LogP contribution in [-0.4, -0.2) is 25.2 Å². The highest BCUT2D eigenvalue weighted by molar-refractivity contribution is 5.99. The summed E-state index contributed by atoms with van der Waals surface area (Å²) in [4.78, 5) is 13.4. The van der Waals surface area contributed by atoms with Crippen LogP contribution in [0.15, 0.2) is 42.5 Å². The zero-order valence-corrected chi connectivity index (χ0v) is 16.9. The average molecular weight is 397 g/mol. The van der Waals surface area contributed by atoms with E-state index < -0.39 is 5.41 Å². The van der Waals surface area contributed by atoms with Crippen LogP contribution in [0.4, 0.5) is 10.1 Å². The summed E-state index contributed by atoms with van der Waals surface area (Å²) >= 11 is 0. The molecule has 0 radical (unpaired) electrons. The number of amides is 1. The molecule has 2 aliphatic rings. The molecule has 1 saturated carbocycles. The van der Waals surface area contributed by atoms with E-state index in [1.807, 2.05) is 25.1 Å². The predicted octanol–water partition coefficient (Wildman–Crippen LogP) is 5.14. The Hall–Kier alpha value is -2.40. The maximum absolute atomic E-state index is 13.4. The summed E-state index contributed by atoms with van der Waals surface area (Å²) in [5.74, 6) is 0.510. The molecule has 4 rings (SSSR count). The summed E-state index contributed by atoms with van der Waals surface area (Å²) in [7, 11) is 0. The molecule has 2 aromatic rings. The van der Waals surface area contributed by atoms with Crippen molar-refractivity contribution in [1.82, 2.24) is 0 Å². The second kappa shape index (κ2) is 8.54. The van der Waals surface area contributed by atoms with Crippen LogP contribution in [0.25, 0.3) is 0 Å². The Morgan fingerprint density at radius 3 is 2.45 bits per heavy atom. The number of nitrogens with one attached hydrogen (secondary N) is 1. The molecule has 1 heterocycles. The molecule has 1 aliphatic heterocycles. The topological polar surface area (TPSA) is 47.6 Å². The van der Waals surface area contributed by atoms with Gasteiger partial charge in [-0.15, -0.1) is 0 Å². The lowest BCUT2D eigenvalue weighted by Gasteiger charge is -2.36. The molecular weight excluding hydrogens is 369 g/mol. The average Bonchev–Trinajstić information content (AvgIpc) is 3.24. The van der Waals surface area contributed by atoms with Gasteiger partial charge in [0.1, 0.15) is 11.6 Å². The zero-order chi connectivity index (χ0) is 20.3.